The maximum Gasteiger partial charge on any atom is 0.363 e. The molecule has 0 saturated carbocycles. The van der Waals surface area contributed by atoms with Gasteiger partial charge in [0.25, 0.3) is 0 Å². The molecule has 0 amide bonds. The Bertz CT molecular complexity index is 552. The summed E-state index contributed by atoms with van der Waals surface area (Å²) in [6.07, 6.45) is 3.36. The first-order valence-corrected chi connectivity index (χ1v) is 7.26. The van der Waals surface area contributed by atoms with E-state index in [-0.39, 0.29) is 24.5 Å². The molecule has 0 aliphatic heterocycles. The van der Waals surface area contributed by atoms with E-state index in [9.17, 15) is 19.1 Å². The van der Waals surface area contributed by atoms with Crippen LogP contribution in [0.5, 0.6) is 0 Å². The Morgan fingerprint density at radius 2 is 2.25 bits per heavy atom. The molecule has 7 nitrogen and oxygen atoms in total. The Balaban J connectivity index is 3.04. The predicted octanol–water partition coefficient (Wildman–Crippen LogP) is 2.14. The molecule has 0 bridgehead atoms. The van der Waals surface area contributed by atoms with Gasteiger partial charge in [0, 0.05) is 0 Å². The van der Waals surface area contributed by atoms with Gasteiger partial charge in [-0.1, -0.05) is 12.7 Å². The molecule has 8 heteroatoms. The third-order valence-electron chi connectivity index (χ3n) is 2.09. The summed E-state index contributed by atoms with van der Waals surface area (Å²) >= 11 is 0. The molecular formula is C12H15O7P. The number of hydrogen-bond acceptors (Lipinski definition) is 5. The summed E-state index contributed by atoms with van der Waals surface area (Å²) in [6.45, 7) is 5.31. The van der Waals surface area contributed by atoms with Crippen LogP contribution in [0.25, 0.3) is 5.31 Å². The van der Waals surface area contributed by atoms with E-state index in [2.05, 4.69) is 6.58 Å². The molecule has 1 heterocycles. The lowest BCUT2D eigenvalue weighted by Gasteiger charge is -2.06. The van der Waals surface area contributed by atoms with Crippen LogP contribution in [0.3, 0.4) is 0 Å². The molecule has 0 spiro atoms. The summed E-state index contributed by atoms with van der Waals surface area (Å²) in [6, 6.07) is 1.18. The molecule has 0 atom stereocenters. The molecule has 1 aromatic heterocycles. The van der Waals surface area contributed by atoms with E-state index in [0.29, 0.717) is 0 Å². The van der Waals surface area contributed by atoms with Crippen LogP contribution < -0.4 is 0 Å². The minimum Gasteiger partial charge on any atom is -0.496 e. The zero-order valence-electron chi connectivity index (χ0n) is 10.8. The molecule has 0 aromatic carbocycles. The summed E-state index contributed by atoms with van der Waals surface area (Å²) in [4.78, 5) is 29.9. The first-order valence-electron chi connectivity index (χ1n) is 5.65. The second kappa shape index (κ2) is 7.09. The lowest BCUT2D eigenvalue weighted by Crippen LogP contribution is -2.02. The number of hydrogen-bond donors (Lipinski definition) is 2. The lowest BCUT2D eigenvalue weighted by molar-refractivity contribution is 0.0525. The molecule has 1 aromatic rings. The number of esters is 1. The van der Waals surface area contributed by atoms with Gasteiger partial charge in [-0.05, 0) is 13.0 Å². The number of carbonyl (C=O) groups excluding carboxylic acids is 1. The highest BCUT2D eigenvalue weighted by Gasteiger charge is 2.27. The minimum atomic E-state index is -4.61. The smallest absolute Gasteiger partial charge is 0.363 e. The van der Waals surface area contributed by atoms with Crippen LogP contribution in [0.2, 0.25) is 0 Å². The summed E-state index contributed by atoms with van der Waals surface area (Å²) < 4.78 is 26.0. The summed E-state index contributed by atoms with van der Waals surface area (Å²) in [5.74, 6) is -0.801. The van der Waals surface area contributed by atoms with Crippen molar-refractivity contribution in [2.45, 2.75) is 6.92 Å². The van der Waals surface area contributed by atoms with Crippen LogP contribution in [-0.4, -0.2) is 29.0 Å². The van der Waals surface area contributed by atoms with Gasteiger partial charge in [-0.3, -0.25) is 4.57 Å². The average Bonchev–Trinajstić information content (AvgIpc) is 2.82. The maximum atomic E-state index is 11.5. The molecule has 0 unspecified atom stereocenters. The second-order valence-electron chi connectivity index (χ2n) is 3.59. The van der Waals surface area contributed by atoms with Crippen molar-refractivity contribution in [3.63, 3.8) is 0 Å². The maximum absolute atomic E-state index is 11.5. The molecular weight excluding hydrogens is 287 g/mol. The van der Waals surface area contributed by atoms with Crippen LogP contribution >= 0.6 is 7.60 Å². The number of carbonyl (C=O) groups is 1. The first kappa shape index (κ1) is 16.2. The van der Waals surface area contributed by atoms with Crippen molar-refractivity contribution in [1.29, 1.82) is 0 Å². The van der Waals surface area contributed by atoms with Gasteiger partial charge in [0.2, 0.25) is 0 Å². The quantitative estimate of drug-likeness (QED) is 0.261. The largest absolute Gasteiger partial charge is 0.496 e. The Hall–Kier alpha value is -1.82. The summed E-state index contributed by atoms with van der Waals surface area (Å²) in [5.41, 5.74) is 0.0601. The third-order valence-corrected chi connectivity index (χ3v) is 3.04. The van der Waals surface area contributed by atoms with Crippen molar-refractivity contribution in [3.05, 3.63) is 42.6 Å². The zero-order valence-corrected chi connectivity index (χ0v) is 11.7. The van der Waals surface area contributed by atoms with Gasteiger partial charge in [0.1, 0.15) is 30.2 Å². The van der Waals surface area contributed by atoms with E-state index >= 15 is 0 Å². The summed E-state index contributed by atoms with van der Waals surface area (Å²) in [5, 5.41) is -0.463. The van der Waals surface area contributed by atoms with Crippen LogP contribution in [-0.2, 0) is 14.0 Å². The standard InChI is InChI=1S/C12H15O7P/c1-3-5-17-8-11(20(14,15)16)10-6-9(7-19-10)12(13)18-4-2/h3,6-8H,1,4-5H2,2H3,(H2,14,15,16)/b11-8+. The molecule has 1 rings (SSSR count). The Morgan fingerprint density at radius 3 is 2.80 bits per heavy atom. The lowest BCUT2D eigenvalue weighted by atomic mass is 10.3. The van der Waals surface area contributed by atoms with Crippen molar-refractivity contribution in [2.24, 2.45) is 0 Å². The monoisotopic (exact) mass is 302 g/mol. The summed E-state index contributed by atoms with van der Waals surface area (Å²) in [7, 11) is -4.61. The van der Waals surface area contributed by atoms with E-state index in [1.165, 1.54) is 12.1 Å². The van der Waals surface area contributed by atoms with Crippen molar-refractivity contribution in [2.75, 3.05) is 13.2 Å². The topological polar surface area (TPSA) is 106 Å². The fourth-order valence-corrected chi connectivity index (χ4v) is 1.87. The van der Waals surface area contributed by atoms with Gasteiger partial charge >= 0.3 is 13.6 Å². The van der Waals surface area contributed by atoms with E-state index in [1.807, 2.05) is 0 Å². The number of rotatable bonds is 7. The van der Waals surface area contributed by atoms with Gasteiger partial charge in [-0.15, -0.1) is 0 Å². The fraction of sp³-hybridized carbons (Fsp3) is 0.250. The second-order valence-corrected chi connectivity index (χ2v) is 5.16. The van der Waals surface area contributed by atoms with Gasteiger partial charge in [0.05, 0.1) is 12.2 Å². The van der Waals surface area contributed by atoms with Gasteiger partial charge < -0.3 is 23.7 Å². The van der Waals surface area contributed by atoms with Crippen LogP contribution in [0.1, 0.15) is 23.0 Å². The molecule has 0 saturated heterocycles. The molecule has 0 fully saturated rings. The first-order chi connectivity index (χ1) is 9.40. The van der Waals surface area contributed by atoms with E-state index in [0.717, 1.165) is 12.5 Å². The highest BCUT2D eigenvalue weighted by molar-refractivity contribution is 7.63. The van der Waals surface area contributed by atoms with Crippen molar-refractivity contribution >= 4 is 18.9 Å². The van der Waals surface area contributed by atoms with E-state index < -0.39 is 18.9 Å². The van der Waals surface area contributed by atoms with Crippen molar-refractivity contribution < 1.29 is 33.0 Å². The van der Waals surface area contributed by atoms with Gasteiger partial charge in [0.15, 0.2) is 0 Å². The van der Waals surface area contributed by atoms with Crippen LogP contribution in [0.15, 0.2) is 35.7 Å². The SMILES string of the molecule is C=CCO/C=C(\c1cc(C(=O)OCC)co1)P(=O)(O)O. The third kappa shape index (κ3) is 4.38. The average molecular weight is 302 g/mol. The van der Waals surface area contributed by atoms with Crippen molar-refractivity contribution in [1.82, 2.24) is 0 Å². The minimum absolute atomic E-state index is 0.0601. The molecule has 0 aliphatic carbocycles. The molecule has 110 valence electrons. The van der Waals surface area contributed by atoms with E-state index in [4.69, 9.17) is 13.9 Å². The van der Waals surface area contributed by atoms with E-state index in [1.54, 1.807) is 6.92 Å². The van der Waals surface area contributed by atoms with Gasteiger partial charge in [-0.25, -0.2) is 4.79 Å². The Kier molecular flexibility index (Phi) is 5.76. The molecule has 2 N–H and O–H groups in total. The Labute approximate surface area is 115 Å². The van der Waals surface area contributed by atoms with Crippen LogP contribution in [0.4, 0.5) is 0 Å². The fourth-order valence-electron chi connectivity index (χ4n) is 1.26. The number of furan rings is 1. The molecule has 0 radical (unpaired) electrons. The molecule has 0 aliphatic rings. The number of ether oxygens (including phenoxy) is 2. The zero-order chi connectivity index (χ0) is 15.2. The van der Waals surface area contributed by atoms with Crippen LogP contribution in [0, 0.1) is 0 Å². The predicted molar refractivity (Wildman–Crippen MR) is 70.8 cm³/mol. The Morgan fingerprint density at radius 1 is 1.55 bits per heavy atom. The van der Waals surface area contributed by atoms with Gasteiger partial charge in [-0.2, -0.15) is 0 Å². The van der Waals surface area contributed by atoms with Crippen molar-refractivity contribution in [3.8, 4) is 0 Å². The highest BCUT2D eigenvalue weighted by Crippen LogP contribution is 2.51. The highest BCUT2D eigenvalue weighted by atomic mass is 31.2. The molecule has 20 heavy (non-hydrogen) atoms. The normalized spacial score (nSPS) is 12.1.